The Morgan fingerprint density at radius 1 is 1.14 bits per heavy atom. The topological polar surface area (TPSA) is 15.3 Å². The standard InChI is InChI=1S/C18H16N2S/c1-3-17-15-12-14(13-8-6-5-7-9-13)10-11-16(15)19-18(21)20(17)4-2/h5-12H,1,4H2,2H3,(H,19,21). The number of fused-ring (bicyclic) bond motifs is 1. The Balaban J connectivity index is 2.14. The molecule has 3 heteroatoms. The minimum absolute atomic E-state index is 0.698. The molecule has 0 bridgehead atoms. The number of hydrogen-bond acceptors (Lipinski definition) is 1. The molecule has 21 heavy (non-hydrogen) atoms. The molecule has 2 nitrogen and oxygen atoms in total. The van der Waals surface area contributed by atoms with Crippen molar-refractivity contribution >= 4 is 28.7 Å². The first-order valence-electron chi connectivity index (χ1n) is 6.93. The molecule has 0 fully saturated rings. The van der Waals surface area contributed by atoms with E-state index in [0.29, 0.717) is 5.11 Å². The van der Waals surface area contributed by atoms with Crippen LogP contribution < -0.4 is 5.32 Å². The highest BCUT2D eigenvalue weighted by atomic mass is 32.1. The summed E-state index contributed by atoms with van der Waals surface area (Å²) in [6.45, 7) is 6.68. The Morgan fingerprint density at radius 3 is 2.57 bits per heavy atom. The van der Waals surface area contributed by atoms with E-state index < -0.39 is 0 Å². The first-order valence-corrected chi connectivity index (χ1v) is 7.34. The van der Waals surface area contributed by atoms with E-state index in [4.69, 9.17) is 12.2 Å². The Bertz CT molecular complexity index is 743. The zero-order valence-corrected chi connectivity index (χ0v) is 12.7. The van der Waals surface area contributed by atoms with Crippen LogP contribution in [0.2, 0.25) is 0 Å². The van der Waals surface area contributed by atoms with Gasteiger partial charge in [0.25, 0.3) is 0 Å². The first-order chi connectivity index (χ1) is 10.2. The summed E-state index contributed by atoms with van der Waals surface area (Å²) in [7, 11) is 0. The lowest BCUT2D eigenvalue weighted by Gasteiger charge is -2.32. The van der Waals surface area contributed by atoms with Gasteiger partial charge in [0.1, 0.15) is 0 Å². The summed E-state index contributed by atoms with van der Waals surface area (Å²) in [4.78, 5) is 2.01. The van der Waals surface area contributed by atoms with Crippen molar-refractivity contribution in [1.29, 1.82) is 0 Å². The molecule has 2 aromatic carbocycles. The van der Waals surface area contributed by atoms with Gasteiger partial charge in [-0.25, -0.2) is 0 Å². The normalized spacial score (nSPS) is 13.5. The van der Waals surface area contributed by atoms with Crippen molar-refractivity contribution < 1.29 is 0 Å². The van der Waals surface area contributed by atoms with Gasteiger partial charge in [0.2, 0.25) is 0 Å². The van der Waals surface area contributed by atoms with Gasteiger partial charge in [-0.15, -0.1) is 5.73 Å². The van der Waals surface area contributed by atoms with E-state index in [1.54, 1.807) is 0 Å². The van der Waals surface area contributed by atoms with Crippen LogP contribution in [0.3, 0.4) is 0 Å². The van der Waals surface area contributed by atoms with E-state index in [1.807, 2.05) is 23.1 Å². The van der Waals surface area contributed by atoms with Crippen molar-refractivity contribution in [2.24, 2.45) is 0 Å². The van der Waals surface area contributed by atoms with E-state index in [1.165, 1.54) is 11.1 Å². The van der Waals surface area contributed by atoms with Gasteiger partial charge in [-0.1, -0.05) is 43.0 Å². The van der Waals surface area contributed by atoms with Gasteiger partial charge < -0.3 is 10.2 Å². The Kier molecular flexibility index (Phi) is 3.61. The minimum atomic E-state index is 0.698. The fourth-order valence-electron chi connectivity index (χ4n) is 2.58. The first kappa shape index (κ1) is 13.6. The summed E-state index contributed by atoms with van der Waals surface area (Å²) in [5.74, 6) is 0. The SMILES string of the molecule is C=C=C1c2cc(-c3ccccc3)ccc2NC(=S)N1CC. The lowest BCUT2D eigenvalue weighted by molar-refractivity contribution is 0.621. The average molecular weight is 292 g/mol. The number of thiocarbonyl (C=S) groups is 1. The fraction of sp³-hybridized carbons (Fsp3) is 0.111. The number of anilines is 1. The Labute approximate surface area is 130 Å². The van der Waals surface area contributed by atoms with Gasteiger partial charge in [-0.3, -0.25) is 0 Å². The number of benzene rings is 2. The van der Waals surface area contributed by atoms with Gasteiger partial charge in [0.05, 0.1) is 11.4 Å². The van der Waals surface area contributed by atoms with Crippen molar-refractivity contribution in [3.05, 3.63) is 66.4 Å². The number of nitrogens with one attached hydrogen (secondary N) is 1. The second-order valence-electron chi connectivity index (χ2n) is 4.83. The highest BCUT2D eigenvalue weighted by Crippen LogP contribution is 2.34. The van der Waals surface area contributed by atoms with Crippen LogP contribution in [0.15, 0.2) is 60.8 Å². The summed E-state index contributed by atoms with van der Waals surface area (Å²) >= 11 is 5.40. The van der Waals surface area contributed by atoms with Gasteiger partial charge in [0.15, 0.2) is 5.11 Å². The van der Waals surface area contributed by atoms with Gasteiger partial charge in [-0.2, -0.15) is 0 Å². The van der Waals surface area contributed by atoms with Crippen LogP contribution in [0, 0.1) is 0 Å². The molecule has 0 amide bonds. The minimum Gasteiger partial charge on any atom is -0.332 e. The van der Waals surface area contributed by atoms with Crippen molar-refractivity contribution in [3.8, 4) is 11.1 Å². The zero-order valence-electron chi connectivity index (χ0n) is 11.9. The van der Waals surface area contributed by atoms with Gasteiger partial charge >= 0.3 is 0 Å². The van der Waals surface area contributed by atoms with E-state index >= 15 is 0 Å². The molecule has 0 spiro atoms. The predicted octanol–water partition coefficient (Wildman–Crippen LogP) is 4.51. The van der Waals surface area contributed by atoms with Crippen molar-refractivity contribution in [1.82, 2.24) is 4.90 Å². The highest BCUT2D eigenvalue weighted by molar-refractivity contribution is 7.80. The maximum absolute atomic E-state index is 5.40. The third-order valence-electron chi connectivity index (χ3n) is 3.62. The van der Waals surface area contributed by atoms with Crippen LogP contribution in [-0.4, -0.2) is 16.6 Å². The van der Waals surface area contributed by atoms with E-state index in [-0.39, 0.29) is 0 Å². The monoisotopic (exact) mass is 292 g/mol. The zero-order chi connectivity index (χ0) is 14.8. The fourth-order valence-corrected chi connectivity index (χ4v) is 2.91. The molecule has 0 radical (unpaired) electrons. The summed E-state index contributed by atoms with van der Waals surface area (Å²) in [5.41, 5.74) is 8.44. The molecule has 0 saturated heterocycles. The molecular weight excluding hydrogens is 276 g/mol. The Hall–Kier alpha value is -2.35. The lowest BCUT2D eigenvalue weighted by atomic mass is 9.99. The van der Waals surface area contributed by atoms with Crippen LogP contribution in [-0.2, 0) is 0 Å². The molecule has 1 aliphatic heterocycles. The van der Waals surface area contributed by atoms with Gasteiger partial charge in [-0.05, 0) is 42.4 Å². The summed E-state index contributed by atoms with van der Waals surface area (Å²) in [6, 6.07) is 16.7. The molecule has 0 saturated carbocycles. The molecule has 0 unspecified atom stereocenters. The van der Waals surface area contributed by atoms with Crippen LogP contribution >= 0.6 is 12.2 Å². The smallest absolute Gasteiger partial charge is 0.178 e. The molecule has 0 aliphatic carbocycles. The number of nitrogens with zero attached hydrogens (tertiary/aromatic N) is 1. The lowest BCUT2D eigenvalue weighted by Crippen LogP contribution is -2.37. The van der Waals surface area contributed by atoms with Gasteiger partial charge in [0, 0.05) is 12.1 Å². The Morgan fingerprint density at radius 2 is 1.90 bits per heavy atom. The number of rotatable bonds is 2. The van der Waals surface area contributed by atoms with Crippen molar-refractivity contribution in [2.45, 2.75) is 6.92 Å². The van der Waals surface area contributed by atoms with Crippen LogP contribution in [0.5, 0.6) is 0 Å². The predicted molar refractivity (Wildman–Crippen MR) is 93.0 cm³/mol. The van der Waals surface area contributed by atoms with E-state index in [2.05, 4.69) is 54.9 Å². The molecular formula is C18H16N2S. The third-order valence-corrected chi connectivity index (χ3v) is 3.94. The number of hydrogen-bond donors (Lipinski definition) is 1. The molecule has 1 aliphatic rings. The summed E-state index contributed by atoms with van der Waals surface area (Å²) in [5, 5.41) is 3.97. The summed E-state index contributed by atoms with van der Waals surface area (Å²) in [6.07, 6.45) is 0. The summed E-state index contributed by atoms with van der Waals surface area (Å²) < 4.78 is 0. The second-order valence-corrected chi connectivity index (χ2v) is 5.21. The molecule has 0 atom stereocenters. The quantitative estimate of drug-likeness (QED) is 0.647. The largest absolute Gasteiger partial charge is 0.332 e. The van der Waals surface area contributed by atoms with Crippen LogP contribution in [0.1, 0.15) is 12.5 Å². The molecule has 0 aromatic heterocycles. The van der Waals surface area contributed by atoms with E-state index in [9.17, 15) is 0 Å². The van der Waals surface area contributed by atoms with Crippen molar-refractivity contribution in [3.63, 3.8) is 0 Å². The van der Waals surface area contributed by atoms with Crippen LogP contribution in [0.25, 0.3) is 16.8 Å². The third kappa shape index (κ3) is 2.38. The van der Waals surface area contributed by atoms with Crippen molar-refractivity contribution in [2.75, 3.05) is 11.9 Å². The molecule has 1 N–H and O–H groups in total. The maximum atomic E-state index is 5.40. The molecule has 2 aromatic rings. The molecule has 3 rings (SSSR count). The highest BCUT2D eigenvalue weighted by Gasteiger charge is 2.23. The molecule has 104 valence electrons. The van der Waals surface area contributed by atoms with E-state index in [0.717, 1.165) is 23.5 Å². The average Bonchev–Trinajstić information content (AvgIpc) is 2.54. The van der Waals surface area contributed by atoms with Crippen LogP contribution in [0.4, 0.5) is 5.69 Å². The second kappa shape index (κ2) is 5.57. The maximum Gasteiger partial charge on any atom is 0.178 e. The molecule has 1 heterocycles.